The number of nitrogens with one attached hydrogen (secondary N) is 1. The zero-order chi connectivity index (χ0) is 13.9. The van der Waals surface area contributed by atoms with Crippen molar-refractivity contribution >= 4 is 22.4 Å². The minimum Gasteiger partial charge on any atom is -0.507 e. The summed E-state index contributed by atoms with van der Waals surface area (Å²) in [5.41, 5.74) is 1.32. The molecule has 0 fully saturated rings. The van der Waals surface area contributed by atoms with Gasteiger partial charge in [-0.25, -0.2) is 0 Å². The van der Waals surface area contributed by atoms with Gasteiger partial charge in [-0.3, -0.25) is 4.79 Å². The van der Waals surface area contributed by atoms with Crippen LogP contribution in [0.1, 0.15) is 10.4 Å². The van der Waals surface area contributed by atoms with Crippen LogP contribution in [0.25, 0.3) is 10.8 Å². The fourth-order valence-electron chi connectivity index (χ4n) is 2.14. The first-order chi connectivity index (χ1) is 9.74. The summed E-state index contributed by atoms with van der Waals surface area (Å²) in [6, 6.07) is 19.8. The third kappa shape index (κ3) is 2.34. The number of carbonyl (C=O) groups is 1. The number of amides is 1. The van der Waals surface area contributed by atoms with E-state index in [-0.39, 0.29) is 11.7 Å². The molecule has 0 saturated heterocycles. The average molecular weight is 263 g/mol. The highest BCUT2D eigenvalue weighted by Crippen LogP contribution is 2.26. The second-order valence-corrected chi connectivity index (χ2v) is 4.53. The Bertz CT molecular complexity index is 766. The number of aromatic hydroxyl groups is 1. The average Bonchev–Trinajstić information content (AvgIpc) is 2.48. The van der Waals surface area contributed by atoms with Crippen molar-refractivity contribution in [2.45, 2.75) is 0 Å². The van der Waals surface area contributed by atoms with Gasteiger partial charge in [0.1, 0.15) is 5.75 Å². The standard InChI is InChI=1S/C17H13NO2/c19-16-8-4-7-13-11-14(9-10-15(13)16)18-17(20)12-5-2-1-3-6-12/h1-11,19H,(H,18,20). The van der Waals surface area contributed by atoms with Gasteiger partial charge in [-0.15, -0.1) is 0 Å². The summed E-state index contributed by atoms with van der Waals surface area (Å²) >= 11 is 0. The number of fused-ring (bicyclic) bond motifs is 1. The van der Waals surface area contributed by atoms with Crippen molar-refractivity contribution in [2.24, 2.45) is 0 Å². The molecule has 0 spiro atoms. The first-order valence-electron chi connectivity index (χ1n) is 6.32. The van der Waals surface area contributed by atoms with Gasteiger partial charge in [-0.05, 0) is 41.8 Å². The number of benzene rings is 3. The number of anilines is 1. The summed E-state index contributed by atoms with van der Waals surface area (Å²) in [6.07, 6.45) is 0. The van der Waals surface area contributed by atoms with Crippen molar-refractivity contribution < 1.29 is 9.90 Å². The number of rotatable bonds is 2. The largest absolute Gasteiger partial charge is 0.507 e. The molecule has 0 aliphatic heterocycles. The molecule has 3 nitrogen and oxygen atoms in total. The third-order valence-corrected chi connectivity index (χ3v) is 3.15. The second-order valence-electron chi connectivity index (χ2n) is 4.53. The molecule has 0 bridgehead atoms. The molecular formula is C17H13NO2. The van der Waals surface area contributed by atoms with E-state index < -0.39 is 0 Å². The van der Waals surface area contributed by atoms with Gasteiger partial charge < -0.3 is 10.4 Å². The molecule has 3 rings (SSSR count). The van der Waals surface area contributed by atoms with Crippen LogP contribution in [0.3, 0.4) is 0 Å². The lowest BCUT2D eigenvalue weighted by Crippen LogP contribution is -2.11. The van der Waals surface area contributed by atoms with E-state index in [1.807, 2.05) is 30.3 Å². The van der Waals surface area contributed by atoms with Gasteiger partial charge in [0, 0.05) is 16.6 Å². The van der Waals surface area contributed by atoms with Crippen LogP contribution in [-0.4, -0.2) is 11.0 Å². The first-order valence-corrected chi connectivity index (χ1v) is 6.32. The van der Waals surface area contributed by atoms with Gasteiger partial charge in [-0.1, -0.05) is 30.3 Å². The highest BCUT2D eigenvalue weighted by Gasteiger charge is 2.06. The SMILES string of the molecule is O=C(Nc1ccc2c(O)cccc2c1)c1ccccc1. The molecular weight excluding hydrogens is 250 g/mol. The molecule has 0 radical (unpaired) electrons. The van der Waals surface area contributed by atoms with Crippen LogP contribution in [0, 0.1) is 0 Å². The Kier molecular flexibility index (Phi) is 3.09. The molecule has 0 aliphatic rings. The van der Waals surface area contributed by atoms with Gasteiger partial charge in [0.15, 0.2) is 0 Å². The highest BCUT2D eigenvalue weighted by atomic mass is 16.3. The van der Waals surface area contributed by atoms with Crippen LogP contribution in [0.15, 0.2) is 66.7 Å². The first kappa shape index (κ1) is 12.2. The van der Waals surface area contributed by atoms with Crippen LogP contribution < -0.4 is 5.32 Å². The Morgan fingerprint density at radius 3 is 2.50 bits per heavy atom. The van der Waals surface area contributed by atoms with E-state index in [0.29, 0.717) is 11.3 Å². The van der Waals surface area contributed by atoms with E-state index >= 15 is 0 Å². The van der Waals surface area contributed by atoms with E-state index in [2.05, 4.69) is 5.32 Å². The summed E-state index contributed by atoms with van der Waals surface area (Å²) in [7, 11) is 0. The zero-order valence-electron chi connectivity index (χ0n) is 10.7. The molecule has 0 saturated carbocycles. The molecule has 20 heavy (non-hydrogen) atoms. The predicted octanol–water partition coefficient (Wildman–Crippen LogP) is 3.80. The molecule has 3 aromatic rings. The minimum absolute atomic E-state index is 0.148. The van der Waals surface area contributed by atoms with Crippen LogP contribution in [0.2, 0.25) is 0 Å². The number of phenols is 1. The van der Waals surface area contributed by atoms with Crippen molar-refractivity contribution in [3.63, 3.8) is 0 Å². The van der Waals surface area contributed by atoms with Crippen molar-refractivity contribution in [1.82, 2.24) is 0 Å². The van der Waals surface area contributed by atoms with Crippen LogP contribution in [0.4, 0.5) is 5.69 Å². The van der Waals surface area contributed by atoms with Gasteiger partial charge in [0.25, 0.3) is 5.91 Å². The molecule has 3 heteroatoms. The number of hydrogen-bond acceptors (Lipinski definition) is 2. The summed E-state index contributed by atoms with van der Waals surface area (Å²) in [5, 5.41) is 14.2. The minimum atomic E-state index is -0.148. The van der Waals surface area contributed by atoms with Crippen molar-refractivity contribution in [1.29, 1.82) is 0 Å². The van der Waals surface area contributed by atoms with Crippen molar-refractivity contribution in [3.8, 4) is 5.75 Å². The van der Waals surface area contributed by atoms with Crippen LogP contribution >= 0.6 is 0 Å². The van der Waals surface area contributed by atoms with Gasteiger partial charge >= 0.3 is 0 Å². The fraction of sp³-hybridized carbons (Fsp3) is 0. The smallest absolute Gasteiger partial charge is 0.255 e. The summed E-state index contributed by atoms with van der Waals surface area (Å²) in [5.74, 6) is 0.0912. The van der Waals surface area contributed by atoms with E-state index in [4.69, 9.17) is 0 Å². The maximum atomic E-state index is 12.1. The van der Waals surface area contributed by atoms with E-state index in [9.17, 15) is 9.90 Å². The molecule has 0 atom stereocenters. The van der Waals surface area contributed by atoms with Gasteiger partial charge in [0.05, 0.1) is 0 Å². The summed E-state index contributed by atoms with van der Waals surface area (Å²) < 4.78 is 0. The molecule has 0 aromatic heterocycles. The maximum Gasteiger partial charge on any atom is 0.255 e. The maximum absolute atomic E-state index is 12.1. The highest BCUT2D eigenvalue weighted by molar-refractivity contribution is 6.05. The van der Waals surface area contributed by atoms with E-state index in [1.165, 1.54) is 0 Å². The predicted molar refractivity (Wildman–Crippen MR) is 80.0 cm³/mol. The number of carbonyl (C=O) groups excluding carboxylic acids is 1. The van der Waals surface area contributed by atoms with Crippen LogP contribution in [0.5, 0.6) is 5.75 Å². The van der Waals surface area contributed by atoms with Crippen molar-refractivity contribution in [3.05, 3.63) is 72.3 Å². The van der Waals surface area contributed by atoms with Gasteiger partial charge in [0.2, 0.25) is 0 Å². The molecule has 0 aliphatic carbocycles. The van der Waals surface area contributed by atoms with E-state index in [0.717, 1.165) is 10.8 Å². The molecule has 2 N–H and O–H groups in total. The fourth-order valence-corrected chi connectivity index (χ4v) is 2.14. The Morgan fingerprint density at radius 1 is 0.900 bits per heavy atom. The lowest BCUT2D eigenvalue weighted by atomic mass is 10.1. The van der Waals surface area contributed by atoms with Gasteiger partial charge in [-0.2, -0.15) is 0 Å². The Morgan fingerprint density at radius 2 is 1.70 bits per heavy atom. The van der Waals surface area contributed by atoms with Crippen LogP contribution in [-0.2, 0) is 0 Å². The number of phenolic OH excluding ortho intramolecular Hbond substituents is 1. The normalized spacial score (nSPS) is 10.4. The summed E-state index contributed by atoms with van der Waals surface area (Å²) in [6.45, 7) is 0. The molecule has 1 amide bonds. The number of hydrogen-bond donors (Lipinski definition) is 2. The molecule has 3 aromatic carbocycles. The zero-order valence-corrected chi connectivity index (χ0v) is 10.7. The Labute approximate surface area is 116 Å². The molecule has 0 heterocycles. The third-order valence-electron chi connectivity index (χ3n) is 3.15. The Hall–Kier alpha value is -2.81. The monoisotopic (exact) mass is 263 g/mol. The second kappa shape index (κ2) is 5.05. The quantitative estimate of drug-likeness (QED) is 0.738. The lowest BCUT2D eigenvalue weighted by molar-refractivity contribution is 0.102. The summed E-state index contributed by atoms with van der Waals surface area (Å²) in [4.78, 5) is 12.1. The Balaban J connectivity index is 1.90. The molecule has 98 valence electrons. The van der Waals surface area contributed by atoms with Crippen molar-refractivity contribution in [2.75, 3.05) is 5.32 Å². The topological polar surface area (TPSA) is 49.3 Å². The lowest BCUT2D eigenvalue weighted by Gasteiger charge is -2.07. The molecule has 0 unspecified atom stereocenters. The van der Waals surface area contributed by atoms with E-state index in [1.54, 1.807) is 36.4 Å².